The minimum Gasteiger partial charge on any atom is -0.481 e. The van der Waals surface area contributed by atoms with E-state index in [1.54, 1.807) is 42.7 Å². The summed E-state index contributed by atoms with van der Waals surface area (Å²) in [5, 5.41) is 4.31. The van der Waals surface area contributed by atoms with E-state index in [1.165, 1.54) is 11.8 Å². The Morgan fingerprint density at radius 2 is 1.85 bits per heavy atom. The molecule has 4 aromatic rings. The number of pyridine rings is 3. The minimum absolute atomic E-state index is 0.112. The average molecular weight is 371 g/mol. The maximum Gasteiger partial charge on any atom is 0.417 e. The smallest absolute Gasteiger partial charge is 0.417 e. The standard InChI is InChI=1S/C18H12F3N5O/c1-27-15-6-5-11(9-23-15)17-16-13(8-12(10-24-16)18(19,20)21)25-26(17)14-4-2-3-7-22-14/h2-10H,1H3. The Morgan fingerprint density at radius 1 is 1.00 bits per heavy atom. The first-order valence-electron chi connectivity index (χ1n) is 7.85. The van der Waals surface area contributed by atoms with Gasteiger partial charge in [0.2, 0.25) is 5.88 Å². The number of hydrogen-bond acceptors (Lipinski definition) is 5. The van der Waals surface area contributed by atoms with Crippen LogP contribution in [0.1, 0.15) is 5.56 Å². The van der Waals surface area contributed by atoms with E-state index in [0.29, 0.717) is 28.5 Å². The molecule has 4 rings (SSSR count). The summed E-state index contributed by atoms with van der Waals surface area (Å²) >= 11 is 0. The second-order valence-electron chi connectivity index (χ2n) is 5.63. The lowest BCUT2D eigenvalue weighted by Gasteiger charge is -2.07. The lowest BCUT2D eigenvalue weighted by molar-refractivity contribution is -0.137. The molecular formula is C18H12F3N5O. The van der Waals surface area contributed by atoms with Gasteiger partial charge in [0.25, 0.3) is 0 Å². The second-order valence-corrected chi connectivity index (χ2v) is 5.63. The van der Waals surface area contributed by atoms with Gasteiger partial charge in [-0.25, -0.2) is 14.6 Å². The third-order valence-electron chi connectivity index (χ3n) is 3.92. The molecule has 0 N–H and O–H groups in total. The highest BCUT2D eigenvalue weighted by Gasteiger charge is 2.32. The molecule has 0 fully saturated rings. The molecule has 4 heterocycles. The van der Waals surface area contributed by atoms with Gasteiger partial charge in [-0.15, -0.1) is 0 Å². The molecule has 0 aromatic carbocycles. The van der Waals surface area contributed by atoms with Crippen LogP contribution in [0.5, 0.6) is 5.88 Å². The molecule has 4 aromatic heterocycles. The molecule has 27 heavy (non-hydrogen) atoms. The van der Waals surface area contributed by atoms with Crippen LogP contribution in [0.3, 0.4) is 0 Å². The van der Waals surface area contributed by atoms with Crippen molar-refractivity contribution in [3.8, 4) is 23.0 Å². The number of methoxy groups -OCH3 is 1. The normalized spacial score (nSPS) is 11.7. The van der Waals surface area contributed by atoms with E-state index in [1.807, 2.05) is 0 Å². The van der Waals surface area contributed by atoms with Crippen molar-refractivity contribution < 1.29 is 17.9 Å². The summed E-state index contributed by atoms with van der Waals surface area (Å²) in [5.74, 6) is 0.870. The number of aromatic nitrogens is 5. The zero-order chi connectivity index (χ0) is 19.0. The van der Waals surface area contributed by atoms with Gasteiger partial charge in [0.15, 0.2) is 5.82 Å². The predicted molar refractivity (Wildman–Crippen MR) is 91.4 cm³/mol. The highest BCUT2D eigenvalue weighted by Crippen LogP contribution is 2.34. The van der Waals surface area contributed by atoms with Crippen molar-refractivity contribution in [3.05, 3.63) is 60.6 Å². The lowest BCUT2D eigenvalue weighted by Crippen LogP contribution is -2.05. The van der Waals surface area contributed by atoms with Crippen LogP contribution in [0.2, 0.25) is 0 Å². The van der Waals surface area contributed by atoms with Gasteiger partial charge in [0.05, 0.1) is 12.7 Å². The summed E-state index contributed by atoms with van der Waals surface area (Å²) in [6, 6.07) is 9.57. The average Bonchev–Trinajstić information content (AvgIpc) is 3.07. The molecule has 0 aliphatic rings. The number of halogens is 3. The molecule has 6 nitrogen and oxygen atoms in total. The van der Waals surface area contributed by atoms with E-state index in [-0.39, 0.29) is 5.52 Å². The van der Waals surface area contributed by atoms with Crippen LogP contribution in [0.25, 0.3) is 28.1 Å². The molecule has 9 heteroatoms. The highest BCUT2D eigenvalue weighted by molar-refractivity contribution is 5.91. The van der Waals surface area contributed by atoms with E-state index in [4.69, 9.17) is 4.74 Å². The lowest BCUT2D eigenvalue weighted by atomic mass is 10.1. The van der Waals surface area contributed by atoms with Gasteiger partial charge in [-0.1, -0.05) is 6.07 Å². The summed E-state index contributed by atoms with van der Waals surface area (Å²) in [4.78, 5) is 12.4. The van der Waals surface area contributed by atoms with E-state index in [2.05, 4.69) is 20.1 Å². The highest BCUT2D eigenvalue weighted by atomic mass is 19.4. The van der Waals surface area contributed by atoms with Gasteiger partial charge in [-0.2, -0.15) is 18.3 Å². The zero-order valence-corrected chi connectivity index (χ0v) is 14.0. The molecule has 0 aliphatic heterocycles. The largest absolute Gasteiger partial charge is 0.481 e. The fraction of sp³-hybridized carbons (Fsp3) is 0.111. The van der Waals surface area contributed by atoms with E-state index < -0.39 is 11.7 Å². The first-order chi connectivity index (χ1) is 13.0. The molecule has 0 radical (unpaired) electrons. The van der Waals surface area contributed by atoms with Gasteiger partial charge in [-0.05, 0) is 24.3 Å². The molecule has 0 saturated carbocycles. The van der Waals surface area contributed by atoms with Gasteiger partial charge in [-0.3, -0.25) is 4.98 Å². The summed E-state index contributed by atoms with van der Waals surface area (Å²) < 4.78 is 45.6. The zero-order valence-electron chi connectivity index (χ0n) is 14.0. The molecular weight excluding hydrogens is 359 g/mol. The van der Waals surface area contributed by atoms with Crippen molar-refractivity contribution >= 4 is 11.0 Å². The number of hydrogen-bond donors (Lipinski definition) is 0. The van der Waals surface area contributed by atoms with Crippen molar-refractivity contribution in [2.45, 2.75) is 6.18 Å². The van der Waals surface area contributed by atoms with Crippen molar-refractivity contribution in [2.24, 2.45) is 0 Å². The van der Waals surface area contributed by atoms with Crippen LogP contribution in [0, 0.1) is 0 Å². The van der Waals surface area contributed by atoms with E-state index in [9.17, 15) is 13.2 Å². The van der Waals surface area contributed by atoms with Crippen LogP contribution in [0.15, 0.2) is 55.0 Å². The molecule has 0 spiro atoms. The van der Waals surface area contributed by atoms with E-state index >= 15 is 0 Å². The van der Waals surface area contributed by atoms with Gasteiger partial charge >= 0.3 is 6.18 Å². The quantitative estimate of drug-likeness (QED) is 0.546. The Hall–Kier alpha value is -3.49. The summed E-state index contributed by atoms with van der Waals surface area (Å²) in [6.45, 7) is 0. The molecule has 0 aliphatic carbocycles. The number of nitrogens with zero attached hydrogens (tertiary/aromatic N) is 5. The Bertz CT molecular complexity index is 1090. The van der Waals surface area contributed by atoms with Gasteiger partial charge in [0, 0.05) is 30.2 Å². The van der Waals surface area contributed by atoms with Crippen molar-refractivity contribution in [1.29, 1.82) is 0 Å². The predicted octanol–water partition coefficient (Wildman–Crippen LogP) is 3.90. The Labute approximate surface area is 151 Å². The summed E-state index contributed by atoms with van der Waals surface area (Å²) in [5.41, 5.74) is 0.686. The fourth-order valence-electron chi connectivity index (χ4n) is 2.67. The second kappa shape index (κ2) is 6.35. The summed E-state index contributed by atoms with van der Waals surface area (Å²) in [6.07, 6.45) is -0.578. The van der Waals surface area contributed by atoms with Crippen LogP contribution >= 0.6 is 0 Å². The number of alkyl halides is 3. The van der Waals surface area contributed by atoms with Crippen LogP contribution in [-0.2, 0) is 6.18 Å². The van der Waals surface area contributed by atoms with Gasteiger partial charge < -0.3 is 4.74 Å². The SMILES string of the molecule is COc1ccc(-c2c3ncc(C(F)(F)F)cc3nn2-c2ccccn2)cn1. The monoisotopic (exact) mass is 371 g/mol. The number of ether oxygens (including phenoxy) is 1. The van der Waals surface area contributed by atoms with E-state index in [0.717, 1.165) is 12.3 Å². The van der Waals surface area contributed by atoms with Gasteiger partial charge in [0.1, 0.15) is 16.7 Å². The van der Waals surface area contributed by atoms with Crippen LogP contribution < -0.4 is 4.74 Å². The van der Waals surface area contributed by atoms with Crippen LogP contribution in [0.4, 0.5) is 13.2 Å². The Morgan fingerprint density at radius 3 is 2.48 bits per heavy atom. The Balaban J connectivity index is 1.98. The van der Waals surface area contributed by atoms with Crippen LogP contribution in [-0.4, -0.2) is 31.8 Å². The van der Waals surface area contributed by atoms with Crippen molar-refractivity contribution in [2.75, 3.05) is 7.11 Å². The summed E-state index contributed by atoms with van der Waals surface area (Å²) in [7, 11) is 1.50. The topological polar surface area (TPSA) is 65.7 Å². The fourth-order valence-corrected chi connectivity index (χ4v) is 2.67. The molecule has 0 saturated heterocycles. The molecule has 0 atom stereocenters. The maximum atomic E-state index is 13.0. The number of fused-ring (bicyclic) bond motifs is 1. The first-order valence-corrected chi connectivity index (χ1v) is 7.85. The molecule has 0 unspecified atom stereocenters. The van der Waals surface area contributed by atoms with Crippen molar-refractivity contribution in [1.82, 2.24) is 24.7 Å². The first kappa shape index (κ1) is 17.0. The Kier molecular flexibility index (Phi) is 3.98. The maximum absolute atomic E-state index is 13.0. The van der Waals surface area contributed by atoms with Crippen molar-refractivity contribution in [3.63, 3.8) is 0 Å². The molecule has 0 amide bonds. The third kappa shape index (κ3) is 3.07. The molecule has 136 valence electrons. The third-order valence-corrected chi connectivity index (χ3v) is 3.92. The molecule has 0 bridgehead atoms. The number of rotatable bonds is 3. The minimum atomic E-state index is -4.50.